The fraction of sp³-hybridized carbons (Fsp3) is 0.667. The van der Waals surface area contributed by atoms with Gasteiger partial charge in [0, 0.05) is 59.5 Å². The molecule has 1 N–H and O–H groups in total. The molecular weight excluding hydrogens is 270 g/mol. The topological polar surface area (TPSA) is 45.2 Å². The fourth-order valence-electron chi connectivity index (χ4n) is 2.55. The van der Waals surface area contributed by atoms with E-state index in [0.717, 1.165) is 26.1 Å². The van der Waals surface area contributed by atoms with Gasteiger partial charge in [-0.25, -0.2) is 0 Å². The molecule has 1 fully saturated rings. The third kappa shape index (κ3) is 4.56. The van der Waals surface area contributed by atoms with Gasteiger partial charge in [-0.1, -0.05) is 6.92 Å². The van der Waals surface area contributed by atoms with Gasteiger partial charge in [0.15, 0.2) is 0 Å². The SMILES string of the molecule is CC(CCNC1CCN(c2ccncc2)CC1)S(C)=O. The summed E-state index contributed by atoms with van der Waals surface area (Å²) in [7, 11) is -0.702. The van der Waals surface area contributed by atoms with Crippen LogP contribution in [0.5, 0.6) is 0 Å². The predicted octanol–water partition coefficient (Wildman–Crippen LogP) is 1.80. The van der Waals surface area contributed by atoms with Gasteiger partial charge in [0.25, 0.3) is 0 Å². The van der Waals surface area contributed by atoms with Crippen molar-refractivity contribution in [1.82, 2.24) is 10.3 Å². The van der Waals surface area contributed by atoms with Crippen molar-refractivity contribution in [2.24, 2.45) is 0 Å². The lowest BCUT2D eigenvalue weighted by atomic mass is 10.0. The van der Waals surface area contributed by atoms with E-state index in [9.17, 15) is 4.21 Å². The summed E-state index contributed by atoms with van der Waals surface area (Å²) in [5.74, 6) is 0. The Kier molecular flexibility index (Phi) is 5.98. The minimum Gasteiger partial charge on any atom is -0.371 e. The molecule has 4 nitrogen and oxygen atoms in total. The Hall–Kier alpha value is -0.940. The normalized spacial score (nSPS) is 19.8. The van der Waals surface area contributed by atoms with Crippen LogP contribution in [0.1, 0.15) is 26.2 Å². The minimum atomic E-state index is -0.702. The van der Waals surface area contributed by atoms with Crippen LogP contribution in [0.3, 0.4) is 0 Å². The molecule has 2 unspecified atom stereocenters. The highest BCUT2D eigenvalue weighted by Crippen LogP contribution is 2.18. The van der Waals surface area contributed by atoms with Gasteiger partial charge in [-0.2, -0.15) is 0 Å². The Morgan fingerprint density at radius 2 is 2.05 bits per heavy atom. The van der Waals surface area contributed by atoms with Gasteiger partial charge in [-0.05, 0) is 37.9 Å². The first-order valence-electron chi connectivity index (χ1n) is 7.37. The molecule has 0 spiro atoms. The standard InChI is InChI=1S/C15H25N3OS/c1-13(20(2)19)3-10-17-14-6-11-18(12-7-14)15-4-8-16-9-5-15/h4-5,8-9,13-14,17H,3,6-7,10-12H2,1-2H3. The molecule has 0 amide bonds. The van der Waals surface area contributed by atoms with E-state index in [1.807, 2.05) is 12.4 Å². The first-order valence-corrected chi connectivity index (χ1v) is 8.99. The second-order valence-corrected chi connectivity index (χ2v) is 7.32. The summed E-state index contributed by atoms with van der Waals surface area (Å²) in [5.41, 5.74) is 1.27. The van der Waals surface area contributed by atoms with E-state index in [1.54, 1.807) is 6.26 Å². The summed E-state index contributed by atoms with van der Waals surface area (Å²) in [5, 5.41) is 3.90. The van der Waals surface area contributed by atoms with Gasteiger partial charge in [-0.15, -0.1) is 0 Å². The highest BCUT2D eigenvalue weighted by molar-refractivity contribution is 7.84. The summed E-state index contributed by atoms with van der Waals surface area (Å²) in [4.78, 5) is 6.48. The third-order valence-electron chi connectivity index (χ3n) is 4.07. The van der Waals surface area contributed by atoms with Gasteiger partial charge in [0.2, 0.25) is 0 Å². The van der Waals surface area contributed by atoms with Crippen molar-refractivity contribution in [3.8, 4) is 0 Å². The number of aromatic nitrogens is 1. The lowest BCUT2D eigenvalue weighted by Gasteiger charge is -2.34. The van der Waals surface area contributed by atoms with E-state index >= 15 is 0 Å². The first-order chi connectivity index (χ1) is 9.66. The molecule has 5 heteroatoms. The molecular formula is C15H25N3OS. The summed E-state index contributed by atoms with van der Waals surface area (Å²) in [6.07, 6.45) is 8.83. The van der Waals surface area contributed by atoms with Crippen LogP contribution < -0.4 is 10.2 Å². The molecule has 0 bridgehead atoms. The molecule has 1 aromatic heterocycles. The van der Waals surface area contributed by atoms with Crippen LogP contribution in [-0.2, 0) is 10.8 Å². The number of nitrogens with one attached hydrogen (secondary N) is 1. The lowest BCUT2D eigenvalue weighted by Crippen LogP contribution is -2.43. The number of rotatable bonds is 6. The van der Waals surface area contributed by atoms with Gasteiger partial charge >= 0.3 is 0 Å². The van der Waals surface area contributed by atoms with Crippen LogP contribution in [0.4, 0.5) is 5.69 Å². The maximum absolute atomic E-state index is 11.3. The summed E-state index contributed by atoms with van der Waals surface area (Å²) < 4.78 is 11.3. The smallest absolute Gasteiger partial charge is 0.0397 e. The van der Waals surface area contributed by atoms with Crippen molar-refractivity contribution in [3.05, 3.63) is 24.5 Å². The van der Waals surface area contributed by atoms with E-state index < -0.39 is 10.8 Å². The number of hydrogen-bond acceptors (Lipinski definition) is 4. The molecule has 1 aliphatic rings. The summed E-state index contributed by atoms with van der Waals surface area (Å²) in [6.45, 7) is 5.22. The van der Waals surface area contributed by atoms with Crippen LogP contribution in [0.15, 0.2) is 24.5 Å². The van der Waals surface area contributed by atoms with E-state index in [2.05, 4.69) is 34.3 Å². The Morgan fingerprint density at radius 3 is 2.65 bits per heavy atom. The molecule has 20 heavy (non-hydrogen) atoms. The number of pyridine rings is 1. The highest BCUT2D eigenvalue weighted by atomic mass is 32.2. The van der Waals surface area contributed by atoms with Crippen molar-refractivity contribution >= 4 is 16.5 Å². The quantitative estimate of drug-likeness (QED) is 0.869. The molecule has 1 aliphatic heterocycles. The van der Waals surface area contributed by atoms with Crippen molar-refractivity contribution < 1.29 is 4.21 Å². The van der Waals surface area contributed by atoms with Gasteiger partial charge in [0.05, 0.1) is 0 Å². The Balaban J connectivity index is 1.68. The molecule has 1 saturated heterocycles. The monoisotopic (exact) mass is 295 g/mol. The number of nitrogens with zero attached hydrogens (tertiary/aromatic N) is 2. The average molecular weight is 295 g/mol. The molecule has 2 heterocycles. The lowest BCUT2D eigenvalue weighted by molar-refractivity contribution is 0.412. The van der Waals surface area contributed by atoms with Crippen molar-refractivity contribution in [2.45, 2.75) is 37.5 Å². The molecule has 112 valence electrons. The zero-order valence-corrected chi connectivity index (χ0v) is 13.2. The third-order valence-corrected chi connectivity index (χ3v) is 5.44. The Labute approximate surface area is 124 Å². The van der Waals surface area contributed by atoms with Crippen molar-refractivity contribution in [3.63, 3.8) is 0 Å². The van der Waals surface area contributed by atoms with Crippen molar-refractivity contribution in [1.29, 1.82) is 0 Å². The number of anilines is 1. The van der Waals surface area contributed by atoms with Crippen LogP contribution in [0, 0.1) is 0 Å². The van der Waals surface area contributed by atoms with E-state index in [-0.39, 0.29) is 0 Å². The van der Waals surface area contributed by atoms with E-state index in [1.165, 1.54) is 18.5 Å². The summed E-state index contributed by atoms with van der Waals surface area (Å²) >= 11 is 0. The molecule has 2 rings (SSSR count). The van der Waals surface area contributed by atoms with Crippen LogP contribution in [-0.4, -0.2) is 46.4 Å². The predicted molar refractivity (Wildman–Crippen MR) is 85.6 cm³/mol. The van der Waals surface area contributed by atoms with Crippen LogP contribution in [0.2, 0.25) is 0 Å². The van der Waals surface area contributed by atoms with E-state index in [4.69, 9.17) is 0 Å². The first kappa shape index (κ1) is 15.4. The zero-order chi connectivity index (χ0) is 14.4. The Bertz CT molecular complexity index is 418. The molecule has 0 radical (unpaired) electrons. The summed E-state index contributed by atoms with van der Waals surface area (Å²) in [6, 6.07) is 4.75. The zero-order valence-electron chi connectivity index (χ0n) is 12.4. The Morgan fingerprint density at radius 1 is 1.40 bits per heavy atom. The molecule has 0 saturated carbocycles. The molecule has 0 aliphatic carbocycles. The second kappa shape index (κ2) is 7.74. The maximum atomic E-state index is 11.3. The van der Waals surface area contributed by atoms with Crippen LogP contribution in [0.25, 0.3) is 0 Å². The number of piperidine rings is 1. The van der Waals surface area contributed by atoms with Gasteiger partial charge in [0.1, 0.15) is 0 Å². The largest absolute Gasteiger partial charge is 0.371 e. The maximum Gasteiger partial charge on any atom is 0.0397 e. The molecule has 2 atom stereocenters. The highest BCUT2D eigenvalue weighted by Gasteiger charge is 2.19. The van der Waals surface area contributed by atoms with E-state index in [0.29, 0.717) is 11.3 Å². The molecule has 0 aromatic carbocycles. The second-order valence-electron chi connectivity index (χ2n) is 5.52. The average Bonchev–Trinajstić information content (AvgIpc) is 2.48. The number of hydrogen-bond donors (Lipinski definition) is 1. The molecule has 1 aromatic rings. The van der Waals surface area contributed by atoms with Gasteiger partial charge < -0.3 is 10.2 Å². The fourth-order valence-corrected chi connectivity index (χ4v) is 3.00. The van der Waals surface area contributed by atoms with Crippen molar-refractivity contribution in [2.75, 3.05) is 30.8 Å². The minimum absolute atomic E-state index is 0.291. The van der Waals surface area contributed by atoms with Crippen LogP contribution >= 0.6 is 0 Å². The van der Waals surface area contributed by atoms with Gasteiger partial charge in [-0.3, -0.25) is 9.19 Å².